The molecule has 2 rings (SSSR count). The Bertz CT molecular complexity index is 1200. The van der Waals surface area contributed by atoms with Gasteiger partial charge in [-0.25, -0.2) is 0 Å². The maximum atomic E-state index is 12.3. The molecule has 0 radical (unpaired) electrons. The number of esters is 8. The molecule has 0 aromatic carbocycles. The minimum absolute atomic E-state index is 0.590. The number of hydrogen-bond donors (Lipinski definition) is 0. The number of rotatable bonds is 12. The Balaban J connectivity index is 2.73. The van der Waals surface area contributed by atoms with Crippen molar-refractivity contribution in [2.45, 2.75) is 117 Å². The molecule has 0 N–H and O–H groups in total. The number of carbonyl (C=O) groups excluding carboxylic acids is 8. The molecule has 0 amide bonds. The lowest BCUT2D eigenvalue weighted by molar-refractivity contribution is -0.357. The van der Waals surface area contributed by atoms with Gasteiger partial charge in [0, 0.05) is 55.4 Å². The van der Waals surface area contributed by atoms with Gasteiger partial charge < -0.3 is 52.1 Å². The van der Waals surface area contributed by atoms with Crippen molar-refractivity contribution in [2.24, 2.45) is 0 Å². The van der Waals surface area contributed by atoms with E-state index in [-0.39, 0.29) is 0 Å². The van der Waals surface area contributed by atoms with Crippen LogP contribution >= 0.6 is 0 Å². The van der Waals surface area contributed by atoms with Crippen molar-refractivity contribution in [1.29, 1.82) is 0 Å². The molecule has 0 saturated carbocycles. The van der Waals surface area contributed by atoms with E-state index >= 15 is 0 Å². The first-order valence-corrected chi connectivity index (χ1v) is 14.2. The van der Waals surface area contributed by atoms with Gasteiger partial charge in [-0.15, -0.1) is 0 Å². The molecule has 47 heavy (non-hydrogen) atoms. The molecule has 264 valence electrons. The van der Waals surface area contributed by atoms with Gasteiger partial charge in [0.05, 0.1) is 0 Å². The minimum atomic E-state index is -1.83. The second-order valence-corrected chi connectivity index (χ2v) is 10.3. The average Bonchev–Trinajstić information content (AvgIpc) is 2.91. The highest BCUT2D eigenvalue weighted by atomic mass is 16.8. The summed E-state index contributed by atoms with van der Waals surface area (Å²) in [6.45, 7) is 7.05. The Kier molecular flexibility index (Phi) is 14.5. The van der Waals surface area contributed by atoms with E-state index in [9.17, 15) is 38.4 Å². The van der Waals surface area contributed by atoms with E-state index in [1.165, 1.54) is 0 Å². The summed E-state index contributed by atoms with van der Waals surface area (Å²) >= 11 is 0. The molecule has 0 bridgehead atoms. The summed E-state index contributed by atoms with van der Waals surface area (Å²) in [5.41, 5.74) is 0. The van der Waals surface area contributed by atoms with Gasteiger partial charge in [0.25, 0.3) is 0 Å². The largest absolute Gasteiger partial charge is 0.463 e. The fourth-order valence-electron chi connectivity index (χ4n) is 4.73. The molecule has 19 nitrogen and oxygen atoms in total. The van der Waals surface area contributed by atoms with Crippen molar-refractivity contribution in [1.82, 2.24) is 0 Å². The van der Waals surface area contributed by atoms with Crippen LogP contribution < -0.4 is 0 Å². The predicted octanol–water partition coefficient (Wildman–Crippen LogP) is -0.831. The zero-order chi connectivity index (χ0) is 35.6. The quantitative estimate of drug-likeness (QED) is 0.181. The van der Waals surface area contributed by atoms with Crippen molar-refractivity contribution in [2.75, 3.05) is 13.2 Å². The molecule has 2 aliphatic heterocycles. The summed E-state index contributed by atoms with van der Waals surface area (Å²) in [6.07, 6.45) is -16.3. The van der Waals surface area contributed by atoms with Gasteiger partial charge in [-0.2, -0.15) is 0 Å². The van der Waals surface area contributed by atoms with Gasteiger partial charge in [-0.3, -0.25) is 38.4 Å². The predicted molar refractivity (Wildman–Crippen MR) is 145 cm³/mol. The van der Waals surface area contributed by atoms with Gasteiger partial charge in [-0.1, -0.05) is 0 Å². The average molecular weight is 679 g/mol. The molecule has 2 aliphatic rings. The summed E-state index contributed by atoms with van der Waals surface area (Å²) in [5.74, 6) is -7.02. The SMILES string of the molecule is CC(=O)OC[C@H]1O[C@H](O[C@H]2[C@H](OC(C)=O)[C@H](OC(C)=O)[C@@H](OC(C)=O)O[C@@H]2COC(C)=O)[C@@H](OC(C)=O)[C@@H](OC(C)=O)[C@@H]1OC(C)=O. The summed E-state index contributed by atoms with van der Waals surface area (Å²) in [7, 11) is 0. The highest BCUT2D eigenvalue weighted by Crippen LogP contribution is 2.35. The summed E-state index contributed by atoms with van der Waals surface area (Å²) in [5, 5.41) is 0. The fraction of sp³-hybridized carbons (Fsp3) is 0.714. The van der Waals surface area contributed by atoms with Crippen LogP contribution in [0, 0.1) is 0 Å². The Hall–Kier alpha value is -4.36. The maximum Gasteiger partial charge on any atom is 0.305 e. The van der Waals surface area contributed by atoms with E-state index < -0.39 is 122 Å². The van der Waals surface area contributed by atoms with E-state index in [1.807, 2.05) is 0 Å². The lowest BCUT2D eigenvalue weighted by Crippen LogP contribution is -2.67. The fourth-order valence-corrected chi connectivity index (χ4v) is 4.73. The maximum absolute atomic E-state index is 12.3. The molecular formula is C28H38O19. The van der Waals surface area contributed by atoms with Gasteiger partial charge >= 0.3 is 47.8 Å². The second kappa shape index (κ2) is 17.5. The van der Waals surface area contributed by atoms with Crippen molar-refractivity contribution < 1.29 is 90.5 Å². The summed E-state index contributed by atoms with van der Waals surface area (Å²) in [4.78, 5) is 96.3. The van der Waals surface area contributed by atoms with Crippen LogP contribution in [0.15, 0.2) is 0 Å². The summed E-state index contributed by atoms with van der Waals surface area (Å²) in [6, 6.07) is 0. The number of carbonyl (C=O) groups is 8. The van der Waals surface area contributed by atoms with Crippen LogP contribution in [0.3, 0.4) is 0 Å². The van der Waals surface area contributed by atoms with Crippen molar-refractivity contribution in [3.05, 3.63) is 0 Å². The first-order valence-electron chi connectivity index (χ1n) is 14.2. The molecule has 0 spiro atoms. The van der Waals surface area contributed by atoms with Crippen molar-refractivity contribution >= 4 is 47.8 Å². The van der Waals surface area contributed by atoms with Gasteiger partial charge in [0.1, 0.15) is 31.5 Å². The first kappa shape index (κ1) is 38.8. The minimum Gasteiger partial charge on any atom is -0.463 e. The highest BCUT2D eigenvalue weighted by Gasteiger charge is 2.58. The van der Waals surface area contributed by atoms with Crippen LogP contribution in [0.4, 0.5) is 0 Å². The number of hydrogen-bond acceptors (Lipinski definition) is 19. The van der Waals surface area contributed by atoms with Crippen LogP contribution in [0.5, 0.6) is 0 Å². The molecule has 0 aromatic heterocycles. The topological polar surface area (TPSA) is 238 Å². The normalized spacial score (nSPS) is 30.0. The third-order valence-electron chi connectivity index (χ3n) is 6.17. The van der Waals surface area contributed by atoms with Crippen molar-refractivity contribution in [3.63, 3.8) is 0 Å². The van der Waals surface area contributed by atoms with Crippen LogP contribution in [0.25, 0.3) is 0 Å². The van der Waals surface area contributed by atoms with Crippen molar-refractivity contribution in [3.8, 4) is 0 Å². The monoisotopic (exact) mass is 678 g/mol. The summed E-state index contributed by atoms with van der Waals surface area (Å²) < 4.78 is 60.2. The molecule has 19 heteroatoms. The standard InChI is InChI=1S/C28H38O19/c1-11(29)37-9-19-21(39-13(3)31)23(40-14(4)32)26(43-17(7)35)28(46-19)47-22-20(10-38-12(2)30)45-27(44-18(8)36)25(42-16(6)34)24(22)41-15(5)33/h19-28H,9-10H2,1-8H3/t19-,20-,21-,22-,23+,24+,25+,26+,27+,28-/m1/s1. The van der Waals surface area contributed by atoms with E-state index in [1.54, 1.807) is 0 Å². The molecule has 2 heterocycles. The Morgan fingerprint density at radius 3 is 1.11 bits per heavy atom. The van der Waals surface area contributed by atoms with Crippen LogP contribution in [-0.4, -0.2) is 122 Å². The smallest absolute Gasteiger partial charge is 0.305 e. The van der Waals surface area contributed by atoms with Gasteiger partial charge in [-0.05, 0) is 0 Å². The lowest BCUT2D eigenvalue weighted by Gasteiger charge is -2.48. The van der Waals surface area contributed by atoms with Crippen LogP contribution in [-0.2, 0) is 90.5 Å². The lowest BCUT2D eigenvalue weighted by atomic mass is 9.96. The molecule has 0 aliphatic carbocycles. The van der Waals surface area contributed by atoms with Crippen LogP contribution in [0.2, 0.25) is 0 Å². The molecule has 0 unspecified atom stereocenters. The third-order valence-corrected chi connectivity index (χ3v) is 6.17. The highest BCUT2D eigenvalue weighted by molar-refractivity contribution is 5.70. The Morgan fingerprint density at radius 2 is 0.702 bits per heavy atom. The van der Waals surface area contributed by atoms with Gasteiger partial charge in [0.15, 0.2) is 30.7 Å². The Morgan fingerprint density at radius 1 is 0.383 bits per heavy atom. The van der Waals surface area contributed by atoms with Gasteiger partial charge in [0.2, 0.25) is 12.4 Å². The second-order valence-electron chi connectivity index (χ2n) is 10.3. The first-order chi connectivity index (χ1) is 21.9. The molecular weight excluding hydrogens is 640 g/mol. The zero-order valence-electron chi connectivity index (χ0n) is 26.9. The molecule has 2 saturated heterocycles. The van der Waals surface area contributed by atoms with Crippen LogP contribution in [0.1, 0.15) is 55.4 Å². The number of ether oxygens (including phenoxy) is 11. The van der Waals surface area contributed by atoms with E-state index in [2.05, 4.69) is 0 Å². The molecule has 2 fully saturated rings. The third kappa shape index (κ3) is 12.1. The molecule has 10 atom stereocenters. The van der Waals surface area contributed by atoms with E-state index in [0.717, 1.165) is 55.4 Å². The van der Waals surface area contributed by atoms with E-state index in [4.69, 9.17) is 52.1 Å². The Labute approximate surface area is 268 Å². The molecule has 0 aromatic rings. The van der Waals surface area contributed by atoms with E-state index in [0.29, 0.717) is 0 Å². The zero-order valence-corrected chi connectivity index (χ0v) is 26.9.